The van der Waals surface area contributed by atoms with E-state index in [0.717, 1.165) is 13.2 Å². The van der Waals surface area contributed by atoms with Gasteiger partial charge in [-0.25, -0.2) is 0 Å². The van der Waals surface area contributed by atoms with Gasteiger partial charge in [-0.05, 0) is 32.9 Å². The van der Waals surface area contributed by atoms with Crippen molar-refractivity contribution in [2.75, 3.05) is 26.7 Å². The van der Waals surface area contributed by atoms with Crippen molar-refractivity contribution >= 4 is 0 Å². The van der Waals surface area contributed by atoms with Gasteiger partial charge in [-0.2, -0.15) is 0 Å². The zero-order valence-corrected chi connectivity index (χ0v) is 10.2. The summed E-state index contributed by atoms with van der Waals surface area (Å²) in [7, 11) is 2.18. The molecule has 1 rings (SSSR count). The zero-order chi connectivity index (χ0) is 11.1. The van der Waals surface area contributed by atoms with E-state index in [0.29, 0.717) is 18.7 Å². The first-order valence-corrected chi connectivity index (χ1v) is 6.31. The minimum atomic E-state index is 0.377. The number of likely N-dealkylation sites (N-methyl/N-ethyl adjacent to an activating group) is 1. The molecule has 1 aliphatic rings. The molecule has 0 aliphatic carbocycles. The predicted molar refractivity (Wildman–Crippen MR) is 64.0 cm³/mol. The van der Waals surface area contributed by atoms with Crippen molar-refractivity contribution in [3.8, 4) is 0 Å². The third kappa shape index (κ3) is 4.09. The van der Waals surface area contributed by atoms with Crippen molar-refractivity contribution in [3.05, 3.63) is 0 Å². The van der Waals surface area contributed by atoms with Crippen LogP contribution in [0.5, 0.6) is 0 Å². The average Bonchev–Trinajstić information content (AvgIpc) is 2.73. The van der Waals surface area contributed by atoms with Crippen LogP contribution in [0.4, 0.5) is 0 Å². The van der Waals surface area contributed by atoms with Gasteiger partial charge in [-0.3, -0.25) is 4.90 Å². The lowest BCUT2D eigenvalue weighted by atomic mass is 10.1. The molecule has 1 heterocycles. The van der Waals surface area contributed by atoms with Crippen molar-refractivity contribution in [2.45, 2.75) is 51.2 Å². The highest BCUT2D eigenvalue weighted by Gasteiger charge is 2.27. The summed E-state index contributed by atoms with van der Waals surface area (Å²) in [4.78, 5) is 2.38. The van der Waals surface area contributed by atoms with Crippen molar-refractivity contribution in [1.82, 2.24) is 4.90 Å². The highest BCUT2D eigenvalue weighted by atomic mass is 16.5. The van der Waals surface area contributed by atoms with Crippen molar-refractivity contribution in [3.63, 3.8) is 0 Å². The summed E-state index contributed by atoms with van der Waals surface area (Å²) in [5, 5.41) is 0. The van der Waals surface area contributed by atoms with Gasteiger partial charge >= 0.3 is 0 Å². The number of unbranched alkanes of at least 4 members (excludes halogenated alkanes) is 2. The summed E-state index contributed by atoms with van der Waals surface area (Å²) < 4.78 is 5.71. The molecular formula is C12H26N2O. The molecule has 15 heavy (non-hydrogen) atoms. The lowest BCUT2D eigenvalue weighted by molar-refractivity contribution is 0.0369. The molecule has 0 aromatic rings. The van der Waals surface area contributed by atoms with Crippen LogP contribution in [0.1, 0.15) is 39.0 Å². The number of nitrogens with zero attached hydrogens (tertiary/aromatic N) is 1. The van der Waals surface area contributed by atoms with Crippen LogP contribution in [0.15, 0.2) is 0 Å². The van der Waals surface area contributed by atoms with Crippen LogP contribution in [0, 0.1) is 0 Å². The Kier molecular flexibility index (Phi) is 6.22. The van der Waals surface area contributed by atoms with Crippen LogP contribution >= 0.6 is 0 Å². The standard InChI is InChI=1S/C12H26N2O/c1-3-4-5-8-14(2)11(10-13)12-7-6-9-15-12/h11-12H,3-10,13H2,1-2H3. The molecule has 2 N–H and O–H groups in total. The van der Waals surface area contributed by atoms with Gasteiger partial charge in [0.15, 0.2) is 0 Å². The summed E-state index contributed by atoms with van der Waals surface area (Å²) >= 11 is 0. The quantitative estimate of drug-likeness (QED) is 0.654. The van der Waals surface area contributed by atoms with Gasteiger partial charge in [0.1, 0.15) is 0 Å². The van der Waals surface area contributed by atoms with Gasteiger partial charge in [-0.15, -0.1) is 0 Å². The number of hydrogen-bond acceptors (Lipinski definition) is 3. The van der Waals surface area contributed by atoms with E-state index < -0.39 is 0 Å². The second-order valence-electron chi connectivity index (χ2n) is 4.54. The maximum absolute atomic E-state index is 5.84. The molecule has 0 radical (unpaired) electrons. The minimum absolute atomic E-state index is 0.377. The molecular weight excluding hydrogens is 188 g/mol. The Morgan fingerprint density at radius 2 is 2.27 bits per heavy atom. The Bertz CT molecular complexity index is 158. The molecule has 0 aromatic heterocycles. The number of nitrogens with two attached hydrogens (primary N) is 1. The fourth-order valence-corrected chi connectivity index (χ4v) is 2.30. The lowest BCUT2D eigenvalue weighted by Gasteiger charge is -2.31. The molecule has 3 nitrogen and oxygen atoms in total. The number of rotatable bonds is 7. The molecule has 0 amide bonds. The summed E-state index contributed by atoms with van der Waals surface area (Å²) in [6.45, 7) is 5.02. The lowest BCUT2D eigenvalue weighted by Crippen LogP contribution is -2.46. The first-order chi connectivity index (χ1) is 7.29. The molecule has 1 aliphatic heterocycles. The Morgan fingerprint density at radius 3 is 2.80 bits per heavy atom. The van der Waals surface area contributed by atoms with Gasteiger partial charge < -0.3 is 10.5 Å². The van der Waals surface area contributed by atoms with E-state index in [1.807, 2.05) is 0 Å². The van der Waals surface area contributed by atoms with Crippen LogP contribution in [-0.2, 0) is 4.74 Å². The largest absolute Gasteiger partial charge is 0.377 e. The first kappa shape index (κ1) is 12.9. The van der Waals surface area contributed by atoms with Gasteiger partial charge in [0.2, 0.25) is 0 Å². The highest BCUT2D eigenvalue weighted by Crippen LogP contribution is 2.18. The SMILES string of the molecule is CCCCCN(C)C(CN)C1CCCO1. The molecule has 90 valence electrons. The Balaban J connectivity index is 2.28. The maximum atomic E-state index is 5.84. The van der Waals surface area contributed by atoms with E-state index in [1.54, 1.807) is 0 Å². The molecule has 2 atom stereocenters. The van der Waals surface area contributed by atoms with E-state index in [2.05, 4.69) is 18.9 Å². The summed E-state index contributed by atoms with van der Waals surface area (Å²) in [6, 6.07) is 0.421. The van der Waals surface area contributed by atoms with E-state index in [-0.39, 0.29) is 0 Å². The van der Waals surface area contributed by atoms with Crippen LogP contribution in [0.2, 0.25) is 0 Å². The van der Waals surface area contributed by atoms with Crippen molar-refractivity contribution in [1.29, 1.82) is 0 Å². The molecule has 0 bridgehead atoms. The zero-order valence-electron chi connectivity index (χ0n) is 10.2. The average molecular weight is 214 g/mol. The molecule has 1 fully saturated rings. The molecule has 2 unspecified atom stereocenters. The third-order valence-corrected chi connectivity index (χ3v) is 3.32. The molecule has 1 saturated heterocycles. The first-order valence-electron chi connectivity index (χ1n) is 6.31. The predicted octanol–water partition coefficient (Wildman–Crippen LogP) is 1.61. The van der Waals surface area contributed by atoms with Gasteiger partial charge in [-0.1, -0.05) is 19.8 Å². The fraction of sp³-hybridized carbons (Fsp3) is 1.00. The second kappa shape index (κ2) is 7.20. The summed E-state index contributed by atoms with van der Waals surface area (Å²) in [5.41, 5.74) is 5.84. The van der Waals surface area contributed by atoms with Crippen molar-refractivity contribution < 1.29 is 4.74 Å². The second-order valence-corrected chi connectivity index (χ2v) is 4.54. The minimum Gasteiger partial charge on any atom is -0.377 e. The molecule has 0 spiro atoms. The van der Waals surface area contributed by atoms with Crippen LogP contribution in [-0.4, -0.2) is 43.8 Å². The third-order valence-electron chi connectivity index (χ3n) is 3.32. The summed E-state index contributed by atoms with van der Waals surface area (Å²) in [5.74, 6) is 0. The van der Waals surface area contributed by atoms with Crippen molar-refractivity contribution in [2.24, 2.45) is 5.73 Å². The topological polar surface area (TPSA) is 38.5 Å². The molecule has 3 heteroatoms. The fourth-order valence-electron chi connectivity index (χ4n) is 2.30. The number of hydrogen-bond donors (Lipinski definition) is 1. The normalized spacial score (nSPS) is 23.6. The van der Waals surface area contributed by atoms with E-state index in [9.17, 15) is 0 Å². The number of ether oxygens (including phenoxy) is 1. The van der Waals surface area contributed by atoms with Gasteiger partial charge in [0.25, 0.3) is 0 Å². The van der Waals surface area contributed by atoms with E-state index in [4.69, 9.17) is 10.5 Å². The van der Waals surface area contributed by atoms with E-state index in [1.165, 1.54) is 32.1 Å². The Hall–Kier alpha value is -0.120. The maximum Gasteiger partial charge on any atom is 0.0743 e. The molecule has 0 aromatic carbocycles. The molecule has 0 saturated carbocycles. The van der Waals surface area contributed by atoms with Crippen LogP contribution in [0.3, 0.4) is 0 Å². The Morgan fingerprint density at radius 1 is 1.47 bits per heavy atom. The monoisotopic (exact) mass is 214 g/mol. The van der Waals surface area contributed by atoms with Crippen LogP contribution < -0.4 is 5.73 Å². The van der Waals surface area contributed by atoms with Gasteiger partial charge in [0.05, 0.1) is 6.10 Å². The van der Waals surface area contributed by atoms with Gasteiger partial charge in [0, 0.05) is 19.2 Å². The Labute approximate surface area is 94.0 Å². The highest BCUT2D eigenvalue weighted by molar-refractivity contribution is 4.82. The smallest absolute Gasteiger partial charge is 0.0743 e. The van der Waals surface area contributed by atoms with Crippen LogP contribution in [0.25, 0.3) is 0 Å². The van der Waals surface area contributed by atoms with E-state index >= 15 is 0 Å². The summed E-state index contributed by atoms with van der Waals surface area (Å²) in [6.07, 6.45) is 6.62.